The largest absolute Gasteiger partial charge is 0.348 e. The number of hydrogen-bond acceptors (Lipinski definition) is 1. The standard InChI is InChI=1S/C15H14N2.ClH/c16-15-14-9-5-4-8-13(14)11-17(15)10-12-6-2-1-3-7-12;/h1-9,16H,10-11H2;1H. The average Bonchev–Trinajstić information content (AvgIpc) is 2.68. The highest BCUT2D eigenvalue weighted by atomic mass is 35.5. The van der Waals surface area contributed by atoms with Gasteiger partial charge in [-0.25, -0.2) is 0 Å². The van der Waals surface area contributed by atoms with Crippen LogP contribution in [-0.2, 0) is 13.1 Å². The SMILES string of the molecule is Cl.N=C1c2ccccc2CN1Cc1ccccc1. The van der Waals surface area contributed by atoms with Crippen LogP contribution in [0.2, 0.25) is 0 Å². The smallest absolute Gasteiger partial charge is 0.129 e. The van der Waals surface area contributed by atoms with Crippen molar-refractivity contribution in [2.24, 2.45) is 0 Å². The summed E-state index contributed by atoms with van der Waals surface area (Å²) in [4.78, 5) is 2.11. The van der Waals surface area contributed by atoms with Crippen LogP contribution in [0.5, 0.6) is 0 Å². The molecule has 1 aliphatic rings. The van der Waals surface area contributed by atoms with Gasteiger partial charge in [-0.2, -0.15) is 0 Å². The molecule has 1 heterocycles. The zero-order valence-electron chi connectivity index (χ0n) is 9.97. The molecule has 0 saturated carbocycles. The molecule has 0 bridgehead atoms. The fourth-order valence-corrected chi connectivity index (χ4v) is 2.28. The molecule has 3 heteroatoms. The Morgan fingerprint density at radius 3 is 2.33 bits per heavy atom. The summed E-state index contributed by atoms with van der Waals surface area (Å²) < 4.78 is 0. The van der Waals surface area contributed by atoms with Gasteiger partial charge in [-0.3, -0.25) is 5.41 Å². The number of nitrogens with one attached hydrogen (secondary N) is 1. The van der Waals surface area contributed by atoms with Crippen molar-refractivity contribution in [3.63, 3.8) is 0 Å². The second kappa shape index (κ2) is 5.23. The zero-order valence-corrected chi connectivity index (χ0v) is 10.8. The van der Waals surface area contributed by atoms with Crippen LogP contribution in [0.1, 0.15) is 16.7 Å². The number of benzene rings is 2. The fourth-order valence-electron chi connectivity index (χ4n) is 2.28. The lowest BCUT2D eigenvalue weighted by atomic mass is 10.1. The van der Waals surface area contributed by atoms with Crippen molar-refractivity contribution in [3.8, 4) is 0 Å². The monoisotopic (exact) mass is 258 g/mol. The molecule has 0 aliphatic carbocycles. The number of halogens is 1. The van der Waals surface area contributed by atoms with E-state index in [9.17, 15) is 0 Å². The van der Waals surface area contributed by atoms with Gasteiger partial charge in [-0.15, -0.1) is 12.4 Å². The van der Waals surface area contributed by atoms with Gasteiger partial charge in [0.05, 0.1) is 0 Å². The number of rotatable bonds is 2. The summed E-state index contributed by atoms with van der Waals surface area (Å²) in [6.07, 6.45) is 0. The number of fused-ring (bicyclic) bond motifs is 1. The van der Waals surface area contributed by atoms with Crippen molar-refractivity contribution >= 4 is 18.2 Å². The van der Waals surface area contributed by atoms with E-state index in [1.165, 1.54) is 11.1 Å². The van der Waals surface area contributed by atoms with Crippen LogP contribution in [0.25, 0.3) is 0 Å². The van der Waals surface area contributed by atoms with Crippen LogP contribution in [-0.4, -0.2) is 10.7 Å². The van der Waals surface area contributed by atoms with E-state index in [-0.39, 0.29) is 12.4 Å². The topological polar surface area (TPSA) is 27.1 Å². The van der Waals surface area contributed by atoms with E-state index in [0.29, 0.717) is 5.84 Å². The van der Waals surface area contributed by atoms with E-state index in [1.807, 2.05) is 36.4 Å². The molecule has 92 valence electrons. The summed E-state index contributed by atoms with van der Waals surface area (Å²) in [6.45, 7) is 1.66. The Balaban J connectivity index is 0.00000120. The quantitative estimate of drug-likeness (QED) is 0.878. The molecule has 1 aliphatic heterocycles. The lowest BCUT2D eigenvalue weighted by Crippen LogP contribution is -2.23. The molecule has 18 heavy (non-hydrogen) atoms. The molecule has 0 atom stereocenters. The van der Waals surface area contributed by atoms with Crippen LogP contribution in [0.4, 0.5) is 0 Å². The van der Waals surface area contributed by atoms with Gasteiger partial charge in [0.15, 0.2) is 0 Å². The van der Waals surface area contributed by atoms with Gasteiger partial charge in [-0.05, 0) is 11.1 Å². The highest BCUT2D eigenvalue weighted by Crippen LogP contribution is 2.23. The lowest BCUT2D eigenvalue weighted by molar-refractivity contribution is 0.422. The molecule has 2 aromatic rings. The second-order valence-corrected chi connectivity index (χ2v) is 4.35. The van der Waals surface area contributed by atoms with Crippen LogP contribution < -0.4 is 0 Å². The van der Waals surface area contributed by atoms with Gasteiger partial charge in [0.25, 0.3) is 0 Å². The first-order chi connectivity index (χ1) is 8.34. The first-order valence-electron chi connectivity index (χ1n) is 5.80. The summed E-state index contributed by atoms with van der Waals surface area (Å²) in [5.41, 5.74) is 3.59. The fraction of sp³-hybridized carbons (Fsp3) is 0.133. The van der Waals surface area contributed by atoms with Crippen molar-refractivity contribution in [2.75, 3.05) is 0 Å². The van der Waals surface area contributed by atoms with Gasteiger partial charge >= 0.3 is 0 Å². The highest BCUT2D eigenvalue weighted by Gasteiger charge is 2.23. The third-order valence-electron chi connectivity index (χ3n) is 3.17. The van der Waals surface area contributed by atoms with E-state index < -0.39 is 0 Å². The Hall–Kier alpha value is -1.80. The van der Waals surface area contributed by atoms with Crippen molar-refractivity contribution in [1.29, 1.82) is 5.41 Å². The molecule has 2 nitrogen and oxygen atoms in total. The molecule has 0 fully saturated rings. The summed E-state index contributed by atoms with van der Waals surface area (Å²) in [5, 5.41) is 8.16. The van der Waals surface area contributed by atoms with E-state index in [4.69, 9.17) is 5.41 Å². The minimum atomic E-state index is 0. The predicted molar refractivity (Wildman–Crippen MR) is 76.2 cm³/mol. The zero-order chi connectivity index (χ0) is 11.7. The molecule has 0 radical (unpaired) electrons. The maximum Gasteiger partial charge on any atom is 0.129 e. The third-order valence-corrected chi connectivity index (χ3v) is 3.17. The van der Waals surface area contributed by atoms with Crippen LogP contribution in [0, 0.1) is 5.41 Å². The van der Waals surface area contributed by atoms with Crippen LogP contribution in [0.15, 0.2) is 54.6 Å². The van der Waals surface area contributed by atoms with Crippen LogP contribution in [0.3, 0.4) is 0 Å². The molecule has 0 unspecified atom stereocenters. The lowest BCUT2D eigenvalue weighted by Gasteiger charge is -2.17. The highest BCUT2D eigenvalue weighted by molar-refractivity contribution is 6.00. The molecule has 0 spiro atoms. The van der Waals surface area contributed by atoms with E-state index in [0.717, 1.165) is 18.7 Å². The molecular formula is C15H15ClN2. The van der Waals surface area contributed by atoms with Gasteiger partial charge in [0.2, 0.25) is 0 Å². The predicted octanol–water partition coefficient (Wildman–Crippen LogP) is 3.45. The number of amidine groups is 1. The average molecular weight is 259 g/mol. The summed E-state index contributed by atoms with van der Waals surface area (Å²) in [5.74, 6) is 0.643. The minimum absolute atomic E-state index is 0. The molecule has 3 rings (SSSR count). The Morgan fingerprint density at radius 2 is 1.61 bits per heavy atom. The summed E-state index contributed by atoms with van der Waals surface area (Å²) in [6, 6.07) is 18.5. The first kappa shape index (κ1) is 12.7. The normalized spacial score (nSPS) is 13.1. The van der Waals surface area contributed by atoms with Crippen molar-refractivity contribution in [2.45, 2.75) is 13.1 Å². The van der Waals surface area contributed by atoms with E-state index in [2.05, 4.69) is 23.1 Å². The minimum Gasteiger partial charge on any atom is -0.348 e. The van der Waals surface area contributed by atoms with Crippen molar-refractivity contribution in [3.05, 3.63) is 71.3 Å². The molecule has 0 amide bonds. The van der Waals surface area contributed by atoms with Crippen molar-refractivity contribution in [1.82, 2.24) is 4.90 Å². The molecular weight excluding hydrogens is 244 g/mol. The van der Waals surface area contributed by atoms with Gasteiger partial charge in [0.1, 0.15) is 5.84 Å². The Bertz CT molecular complexity index is 551. The van der Waals surface area contributed by atoms with Crippen LogP contribution >= 0.6 is 12.4 Å². The Labute approximate surface area is 113 Å². The molecule has 1 N–H and O–H groups in total. The third kappa shape index (κ3) is 2.24. The maximum atomic E-state index is 8.16. The van der Waals surface area contributed by atoms with Gasteiger partial charge in [0, 0.05) is 18.7 Å². The molecule has 2 aromatic carbocycles. The summed E-state index contributed by atoms with van der Waals surface area (Å²) in [7, 11) is 0. The molecule has 0 saturated heterocycles. The second-order valence-electron chi connectivity index (χ2n) is 4.35. The van der Waals surface area contributed by atoms with Crippen molar-refractivity contribution < 1.29 is 0 Å². The van der Waals surface area contributed by atoms with E-state index >= 15 is 0 Å². The van der Waals surface area contributed by atoms with E-state index in [1.54, 1.807) is 0 Å². The summed E-state index contributed by atoms with van der Waals surface area (Å²) >= 11 is 0. The Kier molecular flexibility index (Phi) is 3.68. The maximum absolute atomic E-state index is 8.16. The molecule has 0 aromatic heterocycles. The van der Waals surface area contributed by atoms with Gasteiger partial charge < -0.3 is 4.90 Å². The van der Waals surface area contributed by atoms with Gasteiger partial charge in [-0.1, -0.05) is 54.6 Å². The Morgan fingerprint density at radius 1 is 0.944 bits per heavy atom. The number of hydrogen-bond donors (Lipinski definition) is 1. The number of nitrogens with zero attached hydrogens (tertiary/aromatic N) is 1. The first-order valence-corrected chi connectivity index (χ1v) is 5.80.